The third kappa shape index (κ3) is 4.74. The monoisotopic (exact) mass is 453 g/mol. The average Bonchev–Trinajstić information content (AvgIpc) is 2.83. The van der Waals surface area contributed by atoms with E-state index in [2.05, 4.69) is 61.7 Å². The summed E-state index contributed by atoms with van der Waals surface area (Å²) in [5, 5.41) is 6.20. The van der Waals surface area contributed by atoms with Crippen molar-refractivity contribution in [1.82, 2.24) is 25.2 Å². The number of likely N-dealkylation sites (N-methyl/N-ethyl adjacent to an activating group) is 1. The quantitative estimate of drug-likeness (QED) is 0.615. The minimum absolute atomic E-state index is 0.116. The van der Waals surface area contributed by atoms with Gasteiger partial charge in [-0.2, -0.15) is 0 Å². The number of hydrogen-bond donors (Lipinski definition) is 2. The van der Waals surface area contributed by atoms with Gasteiger partial charge in [0.05, 0.1) is 17.1 Å². The first-order valence-electron chi connectivity index (χ1n) is 11.5. The van der Waals surface area contributed by atoms with Crippen LogP contribution in [0.15, 0.2) is 42.7 Å². The molecule has 2 aliphatic rings. The molecule has 1 atom stereocenters. The molecule has 0 unspecified atom stereocenters. The van der Waals surface area contributed by atoms with Crippen LogP contribution in [0.5, 0.6) is 0 Å². The highest BCUT2D eigenvalue weighted by Crippen LogP contribution is 2.32. The number of nitrogens with one attached hydrogen (secondary N) is 2. The van der Waals surface area contributed by atoms with Crippen LogP contribution in [0.3, 0.4) is 0 Å². The summed E-state index contributed by atoms with van der Waals surface area (Å²) < 4.78 is 28.6. The van der Waals surface area contributed by atoms with Gasteiger partial charge in [0.25, 0.3) is 5.92 Å². The van der Waals surface area contributed by atoms with E-state index in [4.69, 9.17) is 4.98 Å². The van der Waals surface area contributed by atoms with Gasteiger partial charge in [0.2, 0.25) is 0 Å². The smallest absolute Gasteiger partial charge is 0.255 e. The molecule has 5 rings (SSSR count). The van der Waals surface area contributed by atoms with Crippen molar-refractivity contribution in [3.8, 4) is 11.3 Å². The number of rotatable bonds is 5. The summed E-state index contributed by atoms with van der Waals surface area (Å²) in [6.07, 6.45) is 3.08. The standard InChI is InChI=1S/C24H29F2N7/c1-32-10-12-33(13-11-32)19-4-2-17(3-5-19)20-14-21-22(29-9-8-28-21)23(31-20)30-16-18-15-27-7-6-24(18,25)26/h2-5,8-9,14,18,27H,6-7,10-13,15-16H2,1H3,(H,30,31)/t18-/m0/s1. The van der Waals surface area contributed by atoms with Crippen molar-refractivity contribution >= 4 is 22.5 Å². The Morgan fingerprint density at radius 2 is 1.85 bits per heavy atom. The molecule has 33 heavy (non-hydrogen) atoms. The zero-order valence-electron chi connectivity index (χ0n) is 18.8. The Morgan fingerprint density at radius 3 is 2.61 bits per heavy atom. The molecule has 2 aromatic heterocycles. The second-order valence-electron chi connectivity index (χ2n) is 8.91. The molecule has 2 saturated heterocycles. The summed E-state index contributed by atoms with van der Waals surface area (Å²) >= 11 is 0. The number of pyridine rings is 1. The van der Waals surface area contributed by atoms with Crippen LogP contribution >= 0.6 is 0 Å². The van der Waals surface area contributed by atoms with Crippen molar-refractivity contribution in [2.75, 3.05) is 63.1 Å². The van der Waals surface area contributed by atoms with E-state index < -0.39 is 11.8 Å². The van der Waals surface area contributed by atoms with Gasteiger partial charge in [0.1, 0.15) is 5.52 Å². The van der Waals surface area contributed by atoms with E-state index in [0.717, 1.165) is 37.4 Å². The van der Waals surface area contributed by atoms with Crippen LogP contribution in [-0.4, -0.2) is 78.6 Å². The first-order valence-corrected chi connectivity index (χ1v) is 11.5. The van der Waals surface area contributed by atoms with Gasteiger partial charge >= 0.3 is 0 Å². The van der Waals surface area contributed by atoms with E-state index in [-0.39, 0.29) is 19.5 Å². The van der Waals surface area contributed by atoms with E-state index in [1.807, 2.05) is 6.07 Å². The van der Waals surface area contributed by atoms with Crippen LogP contribution in [0.4, 0.5) is 20.3 Å². The lowest BCUT2D eigenvalue weighted by molar-refractivity contribution is -0.0728. The lowest BCUT2D eigenvalue weighted by Crippen LogP contribution is -2.47. The Hall–Kier alpha value is -2.91. The molecular weight excluding hydrogens is 424 g/mol. The summed E-state index contributed by atoms with van der Waals surface area (Å²) in [4.78, 5) is 18.3. The highest BCUT2D eigenvalue weighted by molar-refractivity contribution is 5.88. The van der Waals surface area contributed by atoms with Crippen LogP contribution in [-0.2, 0) is 0 Å². The number of benzene rings is 1. The number of piperidine rings is 1. The van der Waals surface area contributed by atoms with E-state index in [1.54, 1.807) is 12.4 Å². The number of aromatic nitrogens is 3. The molecule has 0 spiro atoms. The summed E-state index contributed by atoms with van der Waals surface area (Å²) in [6, 6.07) is 10.2. The first-order chi connectivity index (χ1) is 16.0. The molecule has 0 aliphatic carbocycles. The third-order valence-corrected chi connectivity index (χ3v) is 6.63. The van der Waals surface area contributed by atoms with E-state index in [0.29, 0.717) is 23.4 Å². The van der Waals surface area contributed by atoms with Crippen LogP contribution in [0.25, 0.3) is 22.3 Å². The molecule has 4 heterocycles. The van der Waals surface area contributed by atoms with Crippen molar-refractivity contribution in [2.45, 2.75) is 12.3 Å². The molecule has 2 aliphatic heterocycles. The van der Waals surface area contributed by atoms with Crippen LogP contribution in [0.1, 0.15) is 6.42 Å². The Morgan fingerprint density at radius 1 is 1.09 bits per heavy atom. The van der Waals surface area contributed by atoms with Crippen molar-refractivity contribution in [3.05, 3.63) is 42.7 Å². The SMILES string of the molecule is CN1CCN(c2ccc(-c3cc4nccnc4c(NC[C@@H]4CNCCC4(F)F)n3)cc2)CC1. The molecule has 174 valence electrons. The summed E-state index contributed by atoms with van der Waals surface area (Å²) in [5.41, 5.74) is 4.15. The van der Waals surface area contributed by atoms with Gasteiger partial charge in [0.15, 0.2) is 5.82 Å². The van der Waals surface area contributed by atoms with E-state index >= 15 is 0 Å². The van der Waals surface area contributed by atoms with Crippen LogP contribution < -0.4 is 15.5 Å². The second-order valence-corrected chi connectivity index (χ2v) is 8.91. The lowest BCUT2D eigenvalue weighted by atomic mass is 9.95. The third-order valence-electron chi connectivity index (χ3n) is 6.63. The minimum atomic E-state index is -2.70. The number of halogens is 2. The fourth-order valence-electron chi connectivity index (χ4n) is 4.48. The number of alkyl halides is 2. The van der Waals surface area contributed by atoms with Crippen molar-refractivity contribution in [2.24, 2.45) is 5.92 Å². The van der Waals surface area contributed by atoms with Gasteiger partial charge < -0.3 is 20.4 Å². The topological polar surface area (TPSA) is 69.2 Å². The number of fused-ring (bicyclic) bond motifs is 1. The molecule has 2 N–H and O–H groups in total. The number of piperazine rings is 1. The predicted molar refractivity (Wildman–Crippen MR) is 127 cm³/mol. The number of nitrogens with zero attached hydrogens (tertiary/aromatic N) is 5. The summed E-state index contributed by atoms with van der Waals surface area (Å²) in [7, 11) is 2.15. The first kappa shape index (κ1) is 21.9. The van der Waals surface area contributed by atoms with Gasteiger partial charge in [-0.05, 0) is 25.2 Å². The highest BCUT2D eigenvalue weighted by Gasteiger charge is 2.41. The van der Waals surface area contributed by atoms with Crippen LogP contribution in [0.2, 0.25) is 0 Å². The Labute approximate surface area is 192 Å². The summed E-state index contributed by atoms with van der Waals surface area (Å²) in [6.45, 7) is 4.86. The Kier molecular flexibility index (Phi) is 6.07. The van der Waals surface area contributed by atoms with E-state index in [1.165, 1.54) is 5.69 Å². The van der Waals surface area contributed by atoms with Gasteiger partial charge in [-0.15, -0.1) is 0 Å². The number of hydrogen-bond acceptors (Lipinski definition) is 7. The molecule has 9 heteroatoms. The normalized spacial score (nSPS) is 21.3. The molecular formula is C24H29F2N7. The maximum atomic E-state index is 14.3. The van der Waals surface area contributed by atoms with Gasteiger partial charge in [-0.3, -0.25) is 4.98 Å². The van der Waals surface area contributed by atoms with Crippen molar-refractivity contribution in [3.63, 3.8) is 0 Å². The largest absolute Gasteiger partial charge is 0.369 e. The molecule has 0 saturated carbocycles. The fourth-order valence-corrected chi connectivity index (χ4v) is 4.48. The Balaban J connectivity index is 1.39. The fraction of sp³-hybridized carbons (Fsp3) is 0.458. The van der Waals surface area contributed by atoms with Gasteiger partial charge in [-0.1, -0.05) is 12.1 Å². The second kappa shape index (κ2) is 9.15. The molecule has 7 nitrogen and oxygen atoms in total. The molecule has 0 radical (unpaired) electrons. The van der Waals surface area contributed by atoms with Crippen molar-refractivity contribution in [1.29, 1.82) is 0 Å². The van der Waals surface area contributed by atoms with E-state index in [9.17, 15) is 8.78 Å². The zero-order valence-corrected chi connectivity index (χ0v) is 18.8. The molecule has 0 amide bonds. The van der Waals surface area contributed by atoms with Crippen molar-refractivity contribution < 1.29 is 8.78 Å². The molecule has 0 bridgehead atoms. The highest BCUT2D eigenvalue weighted by atomic mass is 19.3. The van der Waals surface area contributed by atoms with Crippen LogP contribution in [0, 0.1) is 5.92 Å². The average molecular weight is 454 g/mol. The van der Waals surface area contributed by atoms with Gasteiger partial charge in [0, 0.05) is 75.9 Å². The minimum Gasteiger partial charge on any atom is -0.369 e. The zero-order chi connectivity index (χ0) is 22.8. The predicted octanol–water partition coefficient (Wildman–Crippen LogP) is 3.10. The maximum absolute atomic E-state index is 14.3. The van der Waals surface area contributed by atoms with Gasteiger partial charge in [-0.25, -0.2) is 18.7 Å². The Bertz CT molecular complexity index is 1100. The summed E-state index contributed by atoms with van der Waals surface area (Å²) in [5.74, 6) is -3.01. The lowest BCUT2D eigenvalue weighted by Gasteiger charge is -2.34. The maximum Gasteiger partial charge on any atom is 0.255 e. The number of anilines is 2. The molecule has 3 aromatic rings. The molecule has 1 aromatic carbocycles. The molecule has 2 fully saturated rings.